The van der Waals surface area contributed by atoms with Crippen molar-refractivity contribution in [2.75, 3.05) is 6.61 Å². The molecule has 1 atom stereocenters. The normalized spacial score (nSPS) is 26.1. The Morgan fingerprint density at radius 3 is 2.47 bits per heavy atom. The van der Waals surface area contributed by atoms with Gasteiger partial charge in [-0.15, -0.1) is 0 Å². The first-order chi connectivity index (χ1) is 8.64. The van der Waals surface area contributed by atoms with Crippen LogP contribution in [0.3, 0.4) is 0 Å². The maximum absolute atomic E-state index is 13.8. The van der Waals surface area contributed by atoms with Crippen molar-refractivity contribution in [1.82, 2.24) is 0 Å². The highest BCUT2D eigenvalue weighted by Gasteiger charge is 2.58. The van der Waals surface area contributed by atoms with Crippen molar-refractivity contribution < 1.29 is 22.7 Å². The van der Waals surface area contributed by atoms with Crippen LogP contribution in [0.25, 0.3) is 0 Å². The summed E-state index contributed by atoms with van der Waals surface area (Å²) in [5.74, 6) is -6.86. The van der Waals surface area contributed by atoms with Crippen LogP contribution < -0.4 is 5.73 Å². The van der Waals surface area contributed by atoms with E-state index in [9.17, 15) is 17.6 Å². The highest BCUT2D eigenvalue weighted by atomic mass is 79.9. The first kappa shape index (κ1) is 14.7. The summed E-state index contributed by atoms with van der Waals surface area (Å²) in [6, 6.07) is 3.62. The Balaban J connectivity index is 2.67. The minimum atomic E-state index is -3.67. The largest absolute Gasteiger partial charge is 0.390 e. The molecule has 106 valence electrons. The summed E-state index contributed by atoms with van der Waals surface area (Å²) < 4.78 is 55.7. The van der Waals surface area contributed by atoms with Crippen LogP contribution in [0.2, 0.25) is 0 Å². The van der Waals surface area contributed by atoms with Crippen molar-refractivity contribution in [1.29, 1.82) is 0 Å². The van der Waals surface area contributed by atoms with Crippen molar-refractivity contribution in [3.8, 4) is 0 Å². The number of aliphatic hydroxyl groups is 1. The molecule has 0 bridgehead atoms. The molecule has 0 fully saturated rings. The molecule has 2 nitrogen and oxygen atoms in total. The maximum atomic E-state index is 13.8. The van der Waals surface area contributed by atoms with Gasteiger partial charge in [-0.05, 0) is 24.1 Å². The van der Waals surface area contributed by atoms with Crippen LogP contribution in [-0.2, 0) is 11.5 Å². The topological polar surface area (TPSA) is 46.2 Å². The molecular formula is C12H12BrF4NO. The Kier molecular flexibility index (Phi) is 3.43. The zero-order valence-corrected chi connectivity index (χ0v) is 11.4. The van der Waals surface area contributed by atoms with Crippen LogP contribution in [0, 0.1) is 0 Å². The Morgan fingerprint density at radius 2 is 1.89 bits per heavy atom. The van der Waals surface area contributed by atoms with Crippen molar-refractivity contribution in [2.45, 2.75) is 30.2 Å². The van der Waals surface area contributed by atoms with Gasteiger partial charge in [0.15, 0.2) is 0 Å². The fourth-order valence-corrected chi connectivity index (χ4v) is 2.71. The fraction of sp³-hybridized carbons (Fsp3) is 0.500. The average molecular weight is 342 g/mol. The first-order valence-corrected chi connectivity index (χ1v) is 6.39. The molecule has 0 unspecified atom stereocenters. The minimum absolute atomic E-state index is 0.322. The molecule has 1 aromatic carbocycles. The zero-order valence-electron chi connectivity index (χ0n) is 9.77. The number of nitrogens with two attached hydrogens (primary N) is 1. The van der Waals surface area contributed by atoms with Gasteiger partial charge in [-0.25, -0.2) is 17.6 Å². The quantitative estimate of drug-likeness (QED) is 0.812. The molecule has 1 aliphatic carbocycles. The molecule has 3 N–H and O–H groups in total. The summed E-state index contributed by atoms with van der Waals surface area (Å²) >= 11 is 3.06. The number of rotatable bonds is 2. The lowest BCUT2D eigenvalue weighted by atomic mass is 9.72. The molecule has 1 aromatic rings. The summed E-state index contributed by atoms with van der Waals surface area (Å²) in [4.78, 5) is 0. The molecule has 0 aromatic heterocycles. The smallest absolute Gasteiger partial charge is 0.292 e. The lowest BCUT2D eigenvalue weighted by Crippen LogP contribution is -2.57. The molecule has 19 heavy (non-hydrogen) atoms. The van der Waals surface area contributed by atoms with E-state index in [1.54, 1.807) is 0 Å². The second-order valence-electron chi connectivity index (χ2n) is 4.73. The van der Waals surface area contributed by atoms with Crippen LogP contribution in [0.1, 0.15) is 24.0 Å². The third kappa shape index (κ3) is 2.17. The van der Waals surface area contributed by atoms with Gasteiger partial charge in [0.1, 0.15) is 12.1 Å². The SMILES string of the molecule is N[C@@]1(C(F)(F)CO)CCC(F)(F)c2ccc(Br)cc21. The Labute approximate surface area is 115 Å². The molecule has 0 radical (unpaired) electrons. The standard InChI is InChI=1S/C12H12BrF4NO/c13-7-1-2-8-9(5-7)10(18,12(16,17)6-19)3-4-11(8,14)15/h1-2,5,19H,3-4,6,18H2/t10-/m0/s1. The van der Waals surface area contributed by atoms with Gasteiger partial charge in [-0.1, -0.05) is 22.0 Å². The minimum Gasteiger partial charge on any atom is -0.390 e. The van der Waals surface area contributed by atoms with Gasteiger partial charge in [0.25, 0.3) is 11.8 Å². The summed E-state index contributed by atoms with van der Waals surface area (Å²) in [6.45, 7) is -1.49. The fourth-order valence-electron chi connectivity index (χ4n) is 2.35. The van der Waals surface area contributed by atoms with Gasteiger partial charge < -0.3 is 10.8 Å². The van der Waals surface area contributed by atoms with Crippen LogP contribution in [-0.4, -0.2) is 17.6 Å². The molecule has 7 heteroatoms. The summed E-state index contributed by atoms with van der Waals surface area (Å²) in [5.41, 5.74) is 2.57. The van der Waals surface area contributed by atoms with E-state index >= 15 is 0 Å². The van der Waals surface area contributed by atoms with Crippen molar-refractivity contribution >= 4 is 15.9 Å². The number of fused-ring (bicyclic) bond motifs is 1. The Bertz CT molecular complexity index is 509. The molecule has 0 spiro atoms. The van der Waals surface area contributed by atoms with Crippen molar-refractivity contribution in [3.63, 3.8) is 0 Å². The van der Waals surface area contributed by atoms with E-state index in [1.165, 1.54) is 12.1 Å². The predicted octanol–water partition coefficient (Wildman–Crippen LogP) is 3.12. The lowest BCUT2D eigenvalue weighted by Gasteiger charge is -2.43. The lowest BCUT2D eigenvalue weighted by molar-refractivity contribution is -0.136. The molecule has 2 rings (SSSR count). The van der Waals surface area contributed by atoms with E-state index in [0.717, 1.165) is 6.07 Å². The first-order valence-electron chi connectivity index (χ1n) is 5.60. The molecule has 0 saturated carbocycles. The third-order valence-electron chi connectivity index (χ3n) is 3.54. The molecule has 0 heterocycles. The molecule has 0 amide bonds. The van der Waals surface area contributed by atoms with E-state index < -0.39 is 42.4 Å². The summed E-state index contributed by atoms with van der Waals surface area (Å²) in [5, 5.41) is 8.81. The second-order valence-corrected chi connectivity index (χ2v) is 5.64. The number of aliphatic hydroxyl groups excluding tert-OH is 1. The number of benzene rings is 1. The number of hydrogen-bond acceptors (Lipinski definition) is 2. The van der Waals surface area contributed by atoms with Crippen LogP contribution >= 0.6 is 15.9 Å². The number of hydrogen-bond donors (Lipinski definition) is 2. The summed E-state index contributed by atoms with van der Waals surface area (Å²) in [7, 11) is 0. The van der Waals surface area contributed by atoms with Gasteiger partial charge in [-0.3, -0.25) is 0 Å². The highest BCUT2D eigenvalue weighted by Crippen LogP contribution is 2.51. The molecular weight excluding hydrogens is 330 g/mol. The summed E-state index contributed by atoms with van der Waals surface area (Å²) in [6.07, 6.45) is -1.37. The van der Waals surface area contributed by atoms with Crippen molar-refractivity contribution in [3.05, 3.63) is 33.8 Å². The molecule has 1 aliphatic rings. The highest BCUT2D eigenvalue weighted by molar-refractivity contribution is 9.10. The third-order valence-corrected chi connectivity index (χ3v) is 4.03. The maximum Gasteiger partial charge on any atom is 0.292 e. The molecule has 0 aliphatic heterocycles. The van der Waals surface area contributed by atoms with Gasteiger partial charge in [0.05, 0.1) is 0 Å². The second kappa shape index (κ2) is 4.43. The van der Waals surface area contributed by atoms with E-state index in [2.05, 4.69) is 15.9 Å². The number of alkyl halides is 4. The van der Waals surface area contributed by atoms with E-state index in [-0.39, 0.29) is 5.56 Å². The van der Waals surface area contributed by atoms with E-state index in [0.29, 0.717) is 4.47 Å². The van der Waals surface area contributed by atoms with Crippen LogP contribution in [0.15, 0.2) is 22.7 Å². The van der Waals surface area contributed by atoms with Gasteiger partial charge in [0, 0.05) is 16.5 Å². The average Bonchev–Trinajstić information content (AvgIpc) is 2.34. The van der Waals surface area contributed by atoms with Gasteiger partial charge >= 0.3 is 0 Å². The van der Waals surface area contributed by atoms with Gasteiger partial charge in [0.2, 0.25) is 0 Å². The number of halogens is 5. The van der Waals surface area contributed by atoms with Crippen LogP contribution in [0.4, 0.5) is 17.6 Å². The Morgan fingerprint density at radius 1 is 1.26 bits per heavy atom. The predicted molar refractivity (Wildman–Crippen MR) is 65.2 cm³/mol. The molecule has 0 saturated heterocycles. The van der Waals surface area contributed by atoms with Crippen molar-refractivity contribution in [2.24, 2.45) is 5.73 Å². The van der Waals surface area contributed by atoms with E-state index in [4.69, 9.17) is 10.8 Å². The Hall–Kier alpha value is -0.660. The zero-order chi connectivity index (χ0) is 14.5. The van der Waals surface area contributed by atoms with E-state index in [1.807, 2.05) is 0 Å². The van der Waals surface area contributed by atoms with Crippen LogP contribution in [0.5, 0.6) is 0 Å². The van der Waals surface area contributed by atoms with Gasteiger partial charge in [-0.2, -0.15) is 0 Å². The monoisotopic (exact) mass is 341 g/mol.